The van der Waals surface area contributed by atoms with Gasteiger partial charge in [-0.3, -0.25) is 67.1 Å². The van der Waals surface area contributed by atoms with Gasteiger partial charge < -0.3 is 139 Å². The summed E-state index contributed by atoms with van der Waals surface area (Å²) in [4.78, 5) is 172. The Kier molecular flexibility index (Phi) is 48.1. The van der Waals surface area contributed by atoms with Gasteiger partial charge in [-0.2, -0.15) is 0 Å². The molecule has 5 amide bonds. The third-order valence-corrected chi connectivity index (χ3v) is 14.5. The van der Waals surface area contributed by atoms with Crippen molar-refractivity contribution in [3.8, 4) is 5.75 Å². The van der Waals surface area contributed by atoms with Crippen LogP contribution in [0.25, 0.3) is 0 Å². The second-order valence-corrected chi connectivity index (χ2v) is 24.6. The molecule has 612 valence electrons. The monoisotopic (exact) mass is 1560 g/mol. The summed E-state index contributed by atoms with van der Waals surface area (Å²) >= 11 is 0. The van der Waals surface area contributed by atoms with Crippen LogP contribution < -0.4 is 31.3 Å². The van der Waals surface area contributed by atoms with E-state index in [9.17, 15) is 113 Å². The Balaban J connectivity index is 2.72. The molecule has 1 atom stereocenters. The Labute approximate surface area is 619 Å². The molecule has 0 spiro atoms. The van der Waals surface area contributed by atoms with Crippen LogP contribution in [0.4, 0.5) is 0 Å². The zero-order chi connectivity index (χ0) is 80.1. The van der Waals surface area contributed by atoms with Gasteiger partial charge in [0.05, 0.1) is 223 Å². The van der Waals surface area contributed by atoms with E-state index in [0.29, 0.717) is 19.0 Å². The lowest BCUT2D eigenvalue weighted by Gasteiger charge is -2.35. The molecule has 1 unspecified atom stereocenters. The van der Waals surface area contributed by atoms with E-state index in [0.717, 1.165) is 0 Å². The lowest BCUT2D eigenvalue weighted by molar-refractivity contribution is -0.142. The van der Waals surface area contributed by atoms with Crippen LogP contribution in [0.15, 0.2) is 24.3 Å². The Morgan fingerprint density at radius 2 is 0.519 bits per heavy atom. The molecule has 42 heteroatoms. The fourth-order valence-corrected chi connectivity index (χ4v) is 9.12. The molecule has 1 aliphatic heterocycles. The number of ether oxygens (including phenoxy) is 14. The van der Waals surface area contributed by atoms with Crippen molar-refractivity contribution < 1.29 is 179 Å². The molecule has 1 aromatic rings. The van der Waals surface area contributed by atoms with E-state index in [1.807, 2.05) is 0 Å². The first-order chi connectivity index (χ1) is 51.4. The van der Waals surface area contributed by atoms with Crippen molar-refractivity contribution in [2.24, 2.45) is 0 Å². The van der Waals surface area contributed by atoms with Gasteiger partial charge in [-0.25, -0.2) is 0 Å². The Hall–Kier alpha value is -8.92. The summed E-state index contributed by atoms with van der Waals surface area (Å²) in [6.07, 6.45) is -6.48. The first kappa shape index (κ1) is 95.2. The molecule has 1 aromatic carbocycles. The molecule has 14 N–H and O–H groups in total. The van der Waals surface area contributed by atoms with Crippen molar-refractivity contribution in [2.45, 2.75) is 118 Å². The van der Waals surface area contributed by atoms with Gasteiger partial charge in [0.15, 0.2) is 0 Å². The van der Waals surface area contributed by atoms with E-state index in [1.54, 1.807) is 12.1 Å². The number of aliphatic carboxylic acids is 9. The Morgan fingerprint density at radius 1 is 0.315 bits per heavy atom. The van der Waals surface area contributed by atoms with Gasteiger partial charge in [-0.05, 0) is 30.7 Å². The number of carboxylic acids is 9. The van der Waals surface area contributed by atoms with E-state index in [2.05, 4.69) is 26.6 Å². The van der Waals surface area contributed by atoms with Crippen molar-refractivity contribution in [2.75, 3.05) is 178 Å². The van der Waals surface area contributed by atoms with E-state index >= 15 is 0 Å². The summed E-state index contributed by atoms with van der Waals surface area (Å²) in [6.45, 7) is -10.9. The van der Waals surface area contributed by atoms with Crippen LogP contribution in [-0.2, 0) is 124 Å². The number of carbonyl (C=O) groups excluding carboxylic acids is 5. The second kappa shape index (κ2) is 54.6. The van der Waals surface area contributed by atoms with Gasteiger partial charge in [0.2, 0.25) is 23.6 Å². The van der Waals surface area contributed by atoms with E-state index in [-0.39, 0.29) is 31.1 Å². The minimum Gasteiger partial charge on any atom is -0.491 e. The van der Waals surface area contributed by atoms with Crippen LogP contribution >= 0.6 is 0 Å². The van der Waals surface area contributed by atoms with Crippen molar-refractivity contribution >= 4 is 83.3 Å². The summed E-state index contributed by atoms with van der Waals surface area (Å²) in [5.41, 5.74) is -6.83. The number of hydrogen-bond donors (Lipinski definition) is 14. The summed E-state index contributed by atoms with van der Waals surface area (Å²) in [7, 11) is 0. The normalized spacial score (nSPS) is 12.8. The van der Waals surface area contributed by atoms with Crippen molar-refractivity contribution in [1.29, 1.82) is 0 Å². The average Bonchev–Trinajstić information content (AvgIpc) is 1.23. The lowest BCUT2D eigenvalue weighted by atomic mass is 10.0. The second-order valence-electron chi connectivity index (χ2n) is 24.6. The first-order valence-corrected chi connectivity index (χ1v) is 34.1. The van der Waals surface area contributed by atoms with Crippen LogP contribution in [0, 0.1) is 0 Å². The number of nitrogens with one attached hydrogen (secondary N) is 5. The van der Waals surface area contributed by atoms with Gasteiger partial charge in [-0.15, -0.1) is 0 Å². The zero-order valence-corrected chi connectivity index (χ0v) is 59.8. The van der Waals surface area contributed by atoms with Gasteiger partial charge in [0.25, 0.3) is 5.91 Å². The van der Waals surface area contributed by atoms with Crippen LogP contribution in [0.1, 0.15) is 100 Å². The molecule has 0 aliphatic carbocycles. The maximum absolute atomic E-state index is 14.3. The fraction of sp³-hybridized carbons (Fsp3) is 0.697. The number of amides is 5. The van der Waals surface area contributed by atoms with Crippen LogP contribution in [0.2, 0.25) is 0 Å². The summed E-state index contributed by atoms with van der Waals surface area (Å²) in [6, 6.07) is 6.22. The summed E-state index contributed by atoms with van der Waals surface area (Å²) in [5.74, 6) is -14.5. The molecular weight excluding hydrogens is 1450 g/mol. The molecule has 1 saturated heterocycles. The molecule has 0 aromatic heterocycles. The average molecular weight is 1560 g/mol. The number of rotatable bonds is 72. The lowest BCUT2D eigenvalue weighted by Crippen LogP contribution is -2.60. The molecule has 0 bridgehead atoms. The predicted octanol–water partition coefficient (Wildman–Crippen LogP) is -1.96. The molecule has 108 heavy (non-hydrogen) atoms. The molecule has 1 aliphatic rings. The molecule has 0 saturated carbocycles. The maximum atomic E-state index is 14.3. The molecule has 2 rings (SSSR count). The molecule has 42 nitrogen and oxygen atoms in total. The Morgan fingerprint density at radius 3 is 0.722 bits per heavy atom. The number of hydrogen-bond acceptors (Lipinski definition) is 28. The van der Waals surface area contributed by atoms with Crippen LogP contribution in [0.3, 0.4) is 0 Å². The molecular formula is C66H101N5O37. The molecule has 0 radical (unpaired) electrons. The number of carbonyl (C=O) groups is 14. The van der Waals surface area contributed by atoms with E-state index < -0.39 is 341 Å². The standard InChI is InChI=1S/C66H101N5O37/c72-49(2-1-19-67-62(94)46-3-5-47(6-4-46)107-32-48-33-108-48)68-63(34-95-20-7-50(73)69-64(37-98-23-10-53(76)77,38-99-24-11-54(78)79)39-100-25-12-55(80)81,35-96-21-8-51(74)70-65(40-101-26-13-56(82)83,41-102-27-14-57(84)85)42-103-28-15-58(86)87)36-97-22-9-52(75)71-66(43-104-29-16-59(88)89,44-105-30-17-60(90)91)45-106-31-18-61(92)93/h3-6,48H,1-2,7-45H2,(H,67,94)(H,68,72)(H,69,73)(H,70,74)(H,71,75)(H,76,77)(H,78,79)(H,80,81)(H,82,83)(H,84,85)(H,86,87)(H,88,89)(H,90,91)(H,92,93). The third-order valence-electron chi connectivity index (χ3n) is 14.5. The van der Waals surface area contributed by atoms with Crippen molar-refractivity contribution in [3.63, 3.8) is 0 Å². The number of carboxylic acid groups (broad SMARTS) is 9. The first-order valence-electron chi connectivity index (χ1n) is 34.1. The Bertz CT molecular complexity index is 2550. The summed E-state index contributed by atoms with van der Waals surface area (Å²) < 4.78 is 79.4. The topological polar surface area (TPSA) is 614 Å². The quantitative estimate of drug-likeness (QED) is 0.0249. The van der Waals surface area contributed by atoms with E-state index in [4.69, 9.17) is 66.3 Å². The van der Waals surface area contributed by atoms with Gasteiger partial charge in [0.1, 0.15) is 40.6 Å². The largest absolute Gasteiger partial charge is 0.491 e. The number of epoxide rings is 1. The SMILES string of the molecule is O=C(O)CCOCC(COCCC(=O)O)(COCCC(=O)O)NC(=O)CCOCC(COCCC(=O)NC(COCCC(=O)O)(COCCC(=O)O)COCCC(=O)O)(COCCC(=O)NC(COCCC(=O)O)(COCCC(=O)O)COCCC(=O)O)NC(=O)CCCNC(=O)c1ccc(OCC2CO2)cc1. The minimum absolute atomic E-state index is 0.00916. The van der Waals surface area contributed by atoms with Crippen LogP contribution in [-0.4, -0.2) is 336 Å². The number of benzene rings is 1. The maximum Gasteiger partial charge on any atom is 0.305 e. The minimum atomic E-state index is -1.91. The smallest absolute Gasteiger partial charge is 0.305 e. The van der Waals surface area contributed by atoms with Crippen molar-refractivity contribution in [3.05, 3.63) is 29.8 Å². The zero-order valence-electron chi connectivity index (χ0n) is 59.8. The van der Waals surface area contributed by atoms with Crippen molar-refractivity contribution in [1.82, 2.24) is 26.6 Å². The highest BCUT2D eigenvalue weighted by Gasteiger charge is 2.39. The van der Waals surface area contributed by atoms with Gasteiger partial charge >= 0.3 is 53.7 Å². The molecule has 1 heterocycles. The molecule has 1 fully saturated rings. The third kappa shape index (κ3) is 48.4. The highest BCUT2D eigenvalue weighted by molar-refractivity contribution is 5.94. The predicted molar refractivity (Wildman–Crippen MR) is 361 cm³/mol. The highest BCUT2D eigenvalue weighted by Crippen LogP contribution is 2.19. The summed E-state index contributed by atoms with van der Waals surface area (Å²) in [5, 5.41) is 97.0. The van der Waals surface area contributed by atoms with Gasteiger partial charge in [0, 0.05) is 37.8 Å². The van der Waals surface area contributed by atoms with E-state index in [1.165, 1.54) is 12.1 Å². The highest BCUT2D eigenvalue weighted by atomic mass is 16.6. The van der Waals surface area contributed by atoms with Gasteiger partial charge in [-0.1, -0.05) is 0 Å². The fourth-order valence-electron chi connectivity index (χ4n) is 9.12. The van der Waals surface area contributed by atoms with Crippen LogP contribution in [0.5, 0.6) is 5.75 Å².